The molecule has 1 saturated carbocycles. The van der Waals surface area contributed by atoms with Gasteiger partial charge in [-0.1, -0.05) is 44.7 Å². The number of unbranched alkanes of at least 4 members (excludes halogenated alkanes) is 3. The van der Waals surface area contributed by atoms with Gasteiger partial charge in [0.1, 0.15) is 11.9 Å². The summed E-state index contributed by atoms with van der Waals surface area (Å²) < 4.78 is 11.7. The molecule has 27 heavy (non-hydrogen) atoms. The highest BCUT2D eigenvalue weighted by molar-refractivity contribution is 5.86. The highest BCUT2D eigenvalue weighted by Crippen LogP contribution is 2.29. The highest BCUT2D eigenvalue weighted by Gasteiger charge is 2.28. The maximum absolute atomic E-state index is 12.5. The zero-order valence-corrected chi connectivity index (χ0v) is 17.2. The number of carbonyl (C=O) groups excluding carboxylic acids is 1. The number of para-hydroxylation sites is 2. The second-order valence-electron chi connectivity index (χ2n) is 7.78. The summed E-state index contributed by atoms with van der Waals surface area (Å²) in [6, 6.07) is 7.58. The van der Waals surface area contributed by atoms with Crippen molar-refractivity contribution >= 4 is 11.8 Å². The van der Waals surface area contributed by atoms with E-state index in [1.54, 1.807) is 0 Å². The van der Waals surface area contributed by atoms with Crippen molar-refractivity contribution in [2.24, 2.45) is 5.92 Å². The SMILES string of the molecule is CCCCCCOc1ccccc1NC(=O)O[C@H]1CCCC[C@@H]1CN(C)C. The number of nitrogens with one attached hydrogen (secondary N) is 1. The number of amides is 1. The van der Waals surface area contributed by atoms with Gasteiger partial charge < -0.3 is 14.4 Å². The number of benzene rings is 1. The number of carbonyl (C=O) groups is 1. The van der Waals surface area contributed by atoms with Crippen LogP contribution in [0.1, 0.15) is 58.3 Å². The number of hydrogen-bond donors (Lipinski definition) is 1. The number of rotatable bonds is 10. The van der Waals surface area contributed by atoms with Gasteiger partial charge in [-0.05, 0) is 51.9 Å². The molecule has 0 aromatic heterocycles. The zero-order chi connectivity index (χ0) is 19.5. The molecule has 5 heteroatoms. The maximum Gasteiger partial charge on any atom is 0.412 e. The number of hydrogen-bond acceptors (Lipinski definition) is 4. The molecule has 0 saturated heterocycles. The Balaban J connectivity index is 1.87. The molecule has 1 aromatic carbocycles. The predicted octanol–water partition coefficient (Wildman–Crippen LogP) is 5.31. The normalized spacial score (nSPS) is 19.7. The molecule has 1 aliphatic carbocycles. The van der Waals surface area contributed by atoms with E-state index in [1.165, 1.54) is 25.7 Å². The van der Waals surface area contributed by atoms with Crippen LogP contribution < -0.4 is 10.1 Å². The molecule has 1 N–H and O–H groups in total. The van der Waals surface area contributed by atoms with Crippen LogP contribution in [-0.2, 0) is 4.74 Å². The van der Waals surface area contributed by atoms with Crippen LogP contribution in [0.3, 0.4) is 0 Å². The molecule has 5 nitrogen and oxygen atoms in total. The molecule has 152 valence electrons. The summed E-state index contributed by atoms with van der Waals surface area (Å²) in [5, 5.41) is 2.88. The van der Waals surface area contributed by atoms with Gasteiger partial charge in [0.2, 0.25) is 0 Å². The fraction of sp³-hybridized carbons (Fsp3) is 0.682. The smallest absolute Gasteiger partial charge is 0.412 e. The molecule has 1 aromatic rings. The minimum atomic E-state index is -0.382. The van der Waals surface area contributed by atoms with E-state index in [0.29, 0.717) is 24.0 Å². The Labute approximate surface area is 164 Å². The first-order valence-corrected chi connectivity index (χ1v) is 10.4. The van der Waals surface area contributed by atoms with Gasteiger partial charge in [-0.25, -0.2) is 4.79 Å². The fourth-order valence-electron chi connectivity index (χ4n) is 3.69. The van der Waals surface area contributed by atoms with Crippen LogP contribution >= 0.6 is 0 Å². The average Bonchev–Trinajstić information content (AvgIpc) is 2.64. The molecule has 0 heterocycles. The minimum Gasteiger partial charge on any atom is -0.491 e. The zero-order valence-electron chi connectivity index (χ0n) is 17.2. The van der Waals surface area contributed by atoms with Crippen LogP contribution in [0, 0.1) is 5.92 Å². The first-order valence-electron chi connectivity index (χ1n) is 10.4. The Morgan fingerprint density at radius 3 is 2.70 bits per heavy atom. The van der Waals surface area contributed by atoms with Gasteiger partial charge in [-0.2, -0.15) is 0 Å². The predicted molar refractivity (Wildman–Crippen MR) is 110 cm³/mol. The minimum absolute atomic E-state index is 0.0109. The maximum atomic E-state index is 12.5. The molecule has 0 bridgehead atoms. The molecule has 2 atom stereocenters. The van der Waals surface area contributed by atoms with E-state index in [9.17, 15) is 4.79 Å². The monoisotopic (exact) mass is 376 g/mol. The Kier molecular flexibility index (Phi) is 9.46. The third-order valence-electron chi connectivity index (χ3n) is 5.08. The fourth-order valence-corrected chi connectivity index (χ4v) is 3.69. The van der Waals surface area contributed by atoms with Gasteiger partial charge in [0.05, 0.1) is 12.3 Å². The van der Waals surface area contributed by atoms with Crippen molar-refractivity contribution in [2.45, 2.75) is 64.4 Å². The first kappa shape index (κ1) is 21.5. The van der Waals surface area contributed by atoms with Gasteiger partial charge in [-0.15, -0.1) is 0 Å². The summed E-state index contributed by atoms with van der Waals surface area (Å²) in [7, 11) is 4.14. The molecule has 1 amide bonds. The molecule has 0 spiro atoms. The van der Waals surface area contributed by atoms with E-state index in [4.69, 9.17) is 9.47 Å². The number of anilines is 1. The summed E-state index contributed by atoms with van der Waals surface area (Å²) >= 11 is 0. The lowest BCUT2D eigenvalue weighted by Gasteiger charge is -2.32. The van der Waals surface area contributed by atoms with Gasteiger partial charge in [0.15, 0.2) is 0 Å². The van der Waals surface area contributed by atoms with Crippen LogP contribution in [0.25, 0.3) is 0 Å². The summed E-state index contributed by atoms with van der Waals surface area (Å²) in [5.41, 5.74) is 0.679. The van der Waals surface area contributed by atoms with Crippen LogP contribution in [0.2, 0.25) is 0 Å². The van der Waals surface area contributed by atoms with Crippen LogP contribution in [-0.4, -0.2) is 44.3 Å². The summed E-state index contributed by atoms with van der Waals surface area (Å²) in [5.74, 6) is 1.11. The van der Waals surface area contributed by atoms with Crippen LogP contribution in [0.15, 0.2) is 24.3 Å². The Morgan fingerprint density at radius 2 is 1.93 bits per heavy atom. The van der Waals surface area contributed by atoms with Crippen molar-refractivity contribution in [3.63, 3.8) is 0 Å². The number of nitrogens with zero attached hydrogens (tertiary/aromatic N) is 1. The first-order chi connectivity index (χ1) is 13.1. The topological polar surface area (TPSA) is 50.8 Å². The highest BCUT2D eigenvalue weighted by atomic mass is 16.6. The molecule has 2 rings (SSSR count). The van der Waals surface area contributed by atoms with Crippen molar-refractivity contribution in [2.75, 3.05) is 32.6 Å². The Hall–Kier alpha value is -1.75. The largest absolute Gasteiger partial charge is 0.491 e. The molecule has 0 unspecified atom stereocenters. The van der Waals surface area contributed by atoms with Crippen LogP contribution in [0.5, 0.6) is 5.75 Å². The van der Waals surface area contributed by atoms with Crippen molar-refractivity contribution in [1.82, 2.24) is 4.90 Å². The van der Waals surface area contributed by atoms with Gasteiger partial charge in [0, 0.05) is 12.5 Å². The molecule has 0 aliphatic heterocycles. The number of ether oxygens (including phenoxy) is 2. The molecule has 1 aliphatic rings. The van der Waals surface area contributed by atoms with Crippen molar-refractivity contribution in [1.29, 1.82) is 0 Å². The van der Waals surface area contributed by atoms with Crippen LogP contribution in [0.4, 0.5) is 10.5 Å². The molecule has 1 fully saturated rings. The average molecular weight is 377 g/mol. The third-order valence-corrected chi connectivity index (χ3v) is 5.08. The quantitative estimate of drug-likeness (QED) is 0.562. The Bertz CT molecular complexity index is 562. The molecule has 0 radical (unpaired) electrons. The molecular weight excluding hydrogens is 340 g/mol. The summed E-state index contributed by atoms with van der Waals surface area (Å²) in [6.07, 6.45) is 8.65. The van der Waals surface area contributed by atoms with E-state index >= 15 is 0 Å². The molecular formula is C22H36N2O3. The summed E-state index contributed by atoms with van der Waals surface area (Å²) in [4.78, 5) is 14.6. The lowest BCUT2D eigenvalue weighted by molar-refractivity contribution is 0.0357. The van der Waals surface area contributed by atoms with E-state index < -0.39 is 0 Å². The van der Waals surface area contributed by atoms with Crippen molar-refractivity contribution in [3.8, 4) is 5.75 Å². The second-order valence-corrected chi connectivity index (χ2v) is 7.78. The Morgan fingerprint density at radius 1 is 1.15 bits per heavy atom. The van der Waals surface area contributed by atoms with Gasteiger partial charge >= 0.3 is 6.09 Å². The second kappa shape index (κ2) is 11.9. The summed E-state index contributed by atoms with van der Waals surface area (Å²) in [6.45, 7) is 3.82. The lowest BCUT2D eigenvalue weighted by atomic mass is 9.86. The van der Waals surface area contributed by atoms with Crippen molar-refractivity contribution < 1.29 is 14.3 Å². The van der Waals surface area contributed by atoms with Gasteiger partial charge in [0.25, 0.3) is 0 Å². The standard InChI is InChI=1S/C22H36N2O3/c1-4-5-6-11-16-26-21-15-10-8-13-19(21)23-22(25)27-20-14-9-7-12-18(20)17-24(2)3/h8,10,13,15,18,20H,4-7,9,11-12,14,16-17H2,1-3H3,(H,23,25)/t18-,20+/m1/s1. The van der Waals surface area contributed by atoms with Gasteiger partial charge in [-0.3, -0.25) is 5.32 Å². The lowest BCUT2D eigenvalue weighted by Crippen LogP contribution is -2.37. The third kappa shape index (κ3) is 7.79. The van der Waals surface area contributed by atoms with E-state index in [0.717, 1.165) is 32.2 Å². The van der Waals surface area contributed by atoms with Crippen molar-refractivity contribution in [3.05, 3.63) is 24.3 Å². The van der Waals surface area contributed by atoms with E-state index in [-0.39, 0.29) is 12.2 Å². The van der Waals surface area contributed by atoms with E-state index in [1.807, 2.05) is 24.3 Å². The van der Waals surface area contributed by atoms with E-state index in [2.05, 4.69) is 31.2 Å².